The Hall–Kier alpha value is -2.80. The molecule has 0 bridgehead atoms. The molecule has 35 heavy (non-hydrogen) atoms. The van der Waals surface area contributed by atoms with Crippen molar-refractivity contribution >= 4 is 17.5 Å². The molecule has 1 aromatic heterocycles. The maximum atomic E-state index is 12.7. The lowest BCUT2D eigenvalue weighted by Gasteiger charge is -2.31. The van der Waals surface area contributed by atoms with Gasteiger partial charge in [-0.3, -0.25) is 14.5 Å². The number of carbonyl (C=O) groups is 2. The van der Waals surface area contributed by atoms with Gasteiger partial charge in [0.05, 0.1) is 12.2 Å². The fourth-order valence-electron chi connectivity index (χ4n) is 4.27. The van der Waals surface area contributed by atoms with Gasteiger partial charge in [-0.15, -0.1) is 0 Å². The zero-order valence-electron chi connectivity index (χ0n) is 22.1. The molecule has 1 atom stereocenters. The van der Waals surface area contributed by atoms with Crippen LogP contribution in [0.15, 0.2) is 34.7 Å². The lowest BCUT2D eigenvalue weighted by Crippen LogP contribution is -2.38. The number of furan rings is 1. The van der Waals surface area contributed by atoms with Gasteiger partial charge in [-0.1, -0.05) is 40.7 Å². The quantitative estimate of drug-likeness (QED) is 0.453. The SMILES string of the molecule is CCN(CC)CCCC(C)NC(=O)c1ccc(CN2C(=O)COc3ccc(C(C)(C)CC)cc32)o1. The van der Waals surface area contributed by atoms with Crippen LogP contribution in [0.4, 0.5) is 5.69 Å². The summed E-state index contributed by atoms with van der Waals surface area (Å²) >= 11 is 0. The molecule has 2 amide bonds. The maximum absolute atomic E-state index is 12.7. The molecule has 1 unspecified atom stereocenters. The Morgan fingerprint density at radius 2 is 1.91 bits per heavy atom. The van der Waals surface area contributed by atoms with Gasteiger partial charge < -0.3 is 19.4 Å². The van der Waals surface area contributed by atoms with E-state index in [2.05, 4.69) is 50.9 Å². The van der Waals surface area contributed by atoms with E-state index < -0.39 is 0 Å². The summed E-state index contributed by atoms with van der Waals surface area (Å²) in [5, 5.41) is 3.03. The molecular formula is C28H41N3O4. The number of nitrogens with zero attached hydrogens (tertiary/aromatic N) is 2. The largest absolute Gasteiger partial charge is 0.482 e. The lowest BCUT2D eigenvalue weighted by molar-refractivity contribution is -0.121. The van der Waals surface area contributed by atoms with Crippen molar-refractivity contribution < 1.29 is 18.7 Å². The second-order valence-electron chi connectivity index (χ2n) is 10.00. The summed E-state index contributed by atoms with van der Waals surface area (Å²) in [4.78, 5) is 29.5. The summed E-state index contributed by atoms with van der Waals surface area (Å²) in [5.41, 5.74) is 1.88. The summed E-state index contributed by atoms with van der Waals surface area (Å²) in [6.45, 7) is 16.2. The average molecular weight is 484 g/mol. The van der Waals surface area contributed by atoms with Gasteiger partial charge in [-0.05, 0) is 81.1 Å². The van der Waals surface area contributed by atoms with Crippen molar-refractivity contribution in [2.24, 2.45) is 0 Å². The van der Waals surface area contributed by atoms with Crippen molar-refractivity contribution in [1.82, 2.24) is 10.2 Å². The van der Waals surface area contributed by atoms with Crippen LogP contribution in [0.25, 0.3) is 0 Å². The van der Waals surface area contributed by atoms with Gasteiger partial charge in [0, 0.05) is 6.04 Å². The lowest BCUT2D eigenvalue weighted by atomic mass is 9.82. The Labute approximate surface area is 209 Å². The molecule has 0 saturated heterocycles. The molecular weight excluding hydrogens is 442 g/mol. The van der Waals surface area contributed by atoms with Crippen LogP contribution in [0.2, 0.25) is 0 Å². The fraction of sp³-hybridized carbons (Fsp3) is 0.571. The summed E-state index contributed by atoms with van der Waals surface area (Å²) < 4.78 is 11.5. The van der Waals surface area contributed by atoms with E-state index >= 15 is 0 Å². The van der Waals surface area contributed by atoms with E-state index in [1.807, 2.05) is 19.1 Å². The van der Waals surface area contributed by atoms with E-state index in [0.29, 0.717) is 11.5 Å². The van der Waals surface area contributed by atoms with Gasteiger partial charge in [0.15, 0.2) is 12.4 Å². The molecule has 0 spiro atoms. The standard InChI is InChI=1S/C28H41N3O4/c1-7-28(5,6)21-12-14-24-23(17-21)31(26(32)19-34-24)18-22-13-15-25(35-22)27(33)29-20(4)11-10-16-30(8-2)9-3/h12-15,17,20H,7-11,16,18-19H2,1-6H3,(H,29,33). The van der Waals surface area contributed by atoms with E-state index in [9.17, 15) is 9.59 Å². The second kappa shape index (κ2) is 11.8. The highest BCUT2D eigenvalue weighted by atomic mass is 16.5. The Kier molecular flexibility index (Phi) is 9.00. The highest BCUT2D eigenvalue weighted by Crippen LogP contribution is 2.38. The van der Waals surface area contributed by atoms with Gasteiger partial charge in [0.2, 0.25) is 0 Å². The molecule has 0 aliphatic carbocycles. The van der Waals surface area contributed by atoms with Crippen molar-refractivity contribution in [3.05, 3.63) is 47.4 Å². The van der Waals surface area contributed by atoms with E-state index in [-0.39, 0.29) is 42.2 Å². The molecule has 0 radical (unpaired) electrons. The molecule has 1 aromatic carbocycles. The Morgan fingerprint density at radius 1 is 1.17 bits per heavy atom. The van der Waals surface area contributed by atoms with E-state index in [0.717, 1.165) is 50.1 Å². The van der Waals surface area contributed by atoms with E-state index in [1.54, 1.807) is 17.0 Å². The number of amides is 2. The molecule has 0 fully saturated rings. The molecule has 7 heteroatoms. The van der Waals surface area contributed by atoms with Gasteiger partial charge in [0.25, 0.3) is 11.8 Å². The van der Waals surface area contributed by atoms with Crippen molar-refractivity contribution in [3.63, 3.8) is 0 Å². The summed E-state index contributed by atoms with van der Waals surface area (Å²) in [7, 11) is 0. The van der Waals surface area contributed by atoms with Crippen LogP contribution in [0.5, 0.6) is 5.75 Å². The number of anilines is 1. The molecule has 3 rings (SSSR count). The zero-order valence-corrected chi connectivity index (χ0v) is 22.1. The third-order valence-electron chi connectivity index (χ3n) is 7.15. The number of benzene rings is 1. The number of rotatable bonds is 12. The Balaban J connectivity index is 1.65. The first-order valence-corrected chi connectivity index (χ1v) is 12.9. The monoisotopic (exact) mass is 483 g/mol. The number of fused-ring (bicyclic) bond motifs is 1. The molecule has 2 heterocycles. The van der Waals surface area contributed by atoms with Crippen LogP contribution in [0.1, 0.15) is 82.7 Å². The summed E-state index contributed by atoms with van der Waals surface area (Å²) in [6, 6.07) is 9.53. The predicted molar refractivity (Wildman–Crippen MR) is 139 cm³/mol. The fourth-order valence-corrected chi connectivity index (χ4v) is 4.27. The van der Waals surface area contributed by atoms with E-state index in [4.69, 9.17) is 9.15 Å². The molecule has 1 aliphatic rings. The Bertz CT molecular complexity index is 1010. The number of hydrogen-bond donors (Lipinski definition) is 1. The van der Waals surface area contributed by atoms with E-state index in [1.165, 1.54) is 0 Å². The summed E-state index contributed by atoms with van der Waals surface area (Å²) in [5.74, 6) is 1.15. The number of hydrogen-bond acceptors (Lipinski definition) is 5. The number of nitrogens with one attached hydrogen (secondary N) is 1. The molecule has 0 saturated carbocycles. The van der Waals surface area contributed by atoms with Crippen LogP contribution in [-0.4, -0.2) is 49.0 Å². The summed E-state index contributed by atoms with van der Waals surface area (Å²) in [6.07, 6.45) is 2.92. The molecule has 1 N–H and O–H groups in total. The number of carbonyl (C=O) groups excluding carboxylic acids is 2. The highest BCUT2D eigenvalue weighted by molar-refractivity contribution is 5.98. The molecule has 2 aromatic rings. The van der Waals surface area contributed by atoms with Crippen LogP contribution >= 0.6 is 0 Å². The van der Waals surface area contributed by atoms with Crippen LogP contribution in [0, 0.1) is 0 Å². The van der Waals surface area contributed by atoms with Gasteiger partial charge in [-0.2, -0.15) is 0 Å². The number of ether oxygens (including phenoxy) is 1. The average Bonchev–Trinajstić information content (AvgIpc) is 3.32. The van der Waals surface area contributed by atoms with Crippen molar-refractivity contribution in [2.75, 3.05) is 31.1 Å². The topological polar surface area (TPSA) is 75.0 Å². The minimum Gasteiger partial charge on any atom is -0.482 e. The van der Waals surface area contributed by atoms with Crippen molar-refractivity contribution in [1.29, 1.82) is 0 Å². The smallest absolute Gasteiger partial charge is 0.287 e. The molecule has 1 aliphatic heterocycles. The molecule has 7 nitrogen and oxygen atoms in total. The predicted octanol–water partition coefficient (Wildman–Crippen LogP) is 5.13. The van der Waals surface area contributed by atoms with Crippen molar-refractivity contribution in [2.45, 2.75) is 78.8 Å². The first-order chi connectivity index (χ1) is 16.7. The minimum absolute atomic E-state index is 0.0113. The first kappa shape index (κ1) is 26.8. The van der Waals surface area contributed by atoms with Crippen LogP contribution in [-0.2, 0) is 16.8 Å². The van der Waals surface area contributed by atoms with Gasteiger partial charge in [-0.25, -0.2) is 0 Å². The second-order valence-corrected chi connectivity index (χ2v) is 10.00. The van der Waals surface area contributed by atoms with Crippen molar-refractivity contribution in [3.8, 4) is 5.75 Å². The minimum atomic E-state index is -0.229. The van der Waals surface area contributed by atoms with Gasteiger partial charge >= 0.3 is 0 Å². The normalized spacial score (nSPS) is 14.6. The van der Waals surface area contributed by atoms with Gasteiger partial charge in [0.1, 0.15) is 11.5 Å². The van der Waals surface area contributed by atoms with Crippen LogP contribution < -0.4 is 15.0 Å². The zero-order chi connectivity index (χ0) is 25.6. The first-order valence-electron chi connectivity index (χ1n) is 12.9. The maximum Gasteiger partial charge on any atom is 0.287 e. The highest BCUT2D eigenvalue weighted by Gasteiger charge is 2.29. The Morgan fingerprint density at radius 3 is 2.60 bits per heavy atom. The third-order valence-corrected chi connectivity index (χ3v) is 7.15. The third kappa shape index (κ3) is 6.66. The van der Waals surface area contributed by atoms with Crippen LogP contribution in [0.3, 0.4) is 0 Å². The molecule has 192 valence electrons.